The summed E-state index contributed by atoms with van der Waals surface area (Å²) in [6.07, 6.45) is 1.99. The normalized spacial score (nSPS) is 15.1. The molecule has 0 amide bonds. The first-order valence-electron chi connectivity index (χ1n) is 4.98. The summed E-state index contributed by atoms with van der Waals surface area (Å²) in [5, 5.41) is 8.63. The second-order valence-electron chi connectivity index (χ2n) is 3.80. The Labute approximate surface area is 93.5 Å². The summed E-state index contributed by atoms with van der Waals surface area (Å²) >= 11 is 1.69. The van der Waals surface area contributed by atoms with Crippen molar-refractivity contribution < 1.29 is 0 Å². The van der Waals surface area contributed by atoms with Crippen molar-refractivity contribution in [3.63, 3.8) is 0 Å². The van der Waals surface area contributed by atoms with Crippen LogP contribution in [-0.2, 0) is 0 Å². The van der Waals surface area contributed by atoms with Crippen LogP contribution in [0.1, 0.15) is 24.2 Å². The van der Waals surface area contributed by atoms with Crippen molar-refractivity contribution in [3.8, 4) is 0 Å². The molecule has 15 heavy (non-hydrogen) atoms. The fourth-order valence-electron chi connectivity index (χ4n) is 1.73. The first kappa shape index (κ1) is 10.4. The Morgan fingerprint density at radius 3 is 2.73 bits per heavy atom. The van der Waals surface area contributed by atoms with Gasteiger partial charge in [0, 0.05) is 12.2 Å². The Kier molecular flexibility index (Phi) is 2.88. The molecule has 2 atom stereocenters. The van der Waals surface area contributed by atoms with Crippen LogP contribution in [0.4, 0.5) is 0 Å². The molecule has 0 saturated heterocycles. The SMILES string of the molecule is Cc1ccn(C(c2ccsc2)C(C)N)n1. The molecule has 0 radical (unpaired) electrons. The van der Waals surface area contributed by atoms with Crippen LogP contribution in [0.25, 0.3) is 0 Å². The number of aromatic nitrogens is 2. The van der Waals surface area contributed by atoms with Gasteiger partial charge in [0.1, 0.15) is 0 Å². The zero-order valence-corrected chi connectivity index (χ0v) is 9.74. The lowest BCUT2D eigenvalue weighted by atomic mass is 10.1. The molecule has 2 N–H and O–H groups in total. The highest BCUT2D eigenvalue weighted by Gasteiger charge is 2.19. The highest BCUT2D eigenvalue weighted by Crippen LogP contribution is 2.22. The zero-order chi connectivity index (χ0) is 10.8. The van der Waals surface area contributed by atoms with E-state index in [0.29, 0.717) is 0 Å². The van der Waals surface area contributed by atoms with E-state index >= 15 is 0 Å². The highest BCUT2D eigenvalue weighted by molar-refractivity contribution is 7.07. The highest BCUT2D eigenvalue weighted by atomic mass is 32.1. The lowest BCUT2D eigenvalue weighted by molar-refractivity contribution is 0.453. The maximum atomic E-state index is 6.01. The van der Waals surface area contributed by atoms with Gasteiger partial charge in [-0.05, 0) is 42.3 Å². The van der Waals surface area contributed by atoms with Gasteiger partial charge < -0.3 is 5.73 Å². The smallest absolute Gasteiger partial charge is 0.0924 e. The number of rotatable bonds is 3. The minimum Gasteiger partial charge on any atom is -0.326 e. The van der Waals surface area contributed by atoms with E-state index in [4.69, 9.17) is 5.73 Å². The molecule has 0 aliphatic carbocycles. The first-order valence-corrected chi connectivity index (χ1v) is 5.92. The zero-order valence-electron chi connectivity index (χ0n) is 8.92. The third kappa shape index (κ3) is 2.11. The fourth-order valence-corrected chi connectivity index (χ4v) is 2.42. The van der Waals surface area contributed by atoms with E-state index in [1.165, 1.54) is 5.56 Å². The van der Waals surface area contributed by atoms with Crippen molar-refractivity contribution in [2.24, 2.45) is 5.73 Å². The molecule has 2 rings (SSSR count). The molecule has 2 unspecified atom stereocenters. The standard InChI is InChI=1S/C11H15N3S/c1-8-3-5-14(13-8)11(9(2)12)10-4-6-15-7-10/h3-7,9,11H,12H2,1-2H3. The van der Waals surface area contributed by atoms with Gasteiger partial charge in [-0.3, -0.25) is 4.68 Å². The van der Waals surface area contributed by atoms with Gasteiger partial charge in [0.15, 0.2) is 0 Å². The van der Waals surface area contributed by atoms with E-state index < -0.39 is 0 Å². The van der Waals surface area contributed by atoms with Crippen LogP contribution in [0.2, 0.25) is 0 Å². The molecule has 2 aromatic heterocycles. The molecule has 2 heterocycles. The van der Waals surface area contributed by atoms with Crippen LogP contribution in [0.3, 0.4) is 0 Å². The molecule has 0 aromatic carbocycles. The van der Waals surface area contributed by atoms with Crippen LogP contribution < -0.4 is 5.73 Å². The Balaban J connectivity index is 2.36. The van der Waals surface area contributed by atoms with Crippen LogP contribution in [0, 0.1) is 6.92 Å². The first-order chi connectivity index (χ1) is 7.18. The molecule has 0 aliphatic heterocycles. The third-order valence-electron chi connectivity index (χ3n) is 2.41. The molecule has 0 saturated carbocycles. The maximum Gasteiger partial charge on any atom is 0.0924 e. The van der Waals surface area contributed by atoms with E-state index in [9.17, 15) is 0 Å². The quantitative estimate of drug-likeness (QED) is 0.863. The summed E-state index contributed by atoms with van der Waals surface area (Å²) in [5.41, 5.74) is 8.27. The fraction of sp³-hybridized carbons (Fsp3) is 0.364. The van der Waals surface area contributed by atoms with Gasteiger partial charge in [-0.2, -0.15) is 16.4 Å². The molecule has 0 aliphatic rings. The lowest BCUT2D eigenvalue weighted by Crippen LogP contribution is -2.30. The van der Waals surface area contributed by atoms with Crippen molar-refractivity contribution in [2.45, 2.75) is 25.9 Å². The number of thiophene rings is 1. The van der Waals surface area contributed by atoms with Crippen molar-refractivity contribution in [1.29, 1.82) is 0 Å². The van der Waals surface area contributed by atoms with Crippen molar-refractivity contribution in [1.82, 2.24) is 9.78 Å². The molecule has 0 bridgehead atoms. The van der Waals surface area contributed by atoms with Gasteiger partial charge in [-0.25, -0.2) is 0 Å². The van der Waals surface area contributed by atoms with Gasteiger partial charge in [0.2, 0.25) is 0 Å². The monoisotopic (exact) mass is 221 g/mol. The molecule has 0 fully saturated rings. The maximum absolute atomic E-state index is 6.01. The number of hydrogen-bond donors (Lipinski definition) is 1. The third-order valence-corrected chi connectivity index (χ3v) is 3.11. The molecule has 3 nitrogen and oxygen atoms in total. The Hall–Kier alpha value is -1.13. The Morgan fingerprint density at radius 2 is 2.27 bits per heavy atom. The van der Waals surface area contributed by atoms with Gasteiger partial charge in [-0.15, -0.1) is 0 Å². The predicted molar refractivity (Wildman–Crippen MR) is 63.1 cm³/mol. The summed E-state index contributed by atoms with van der Waals surface area (Å²) < 4.78 is 1.95. The second-order valence-corrected chi connectivity index (χ2v) is 4.58. The summed E-state index contributed by atoms with van der Waals surface area (Å²) in [6.45, 7) is 4.00. The van der Waals surface area contributed by atoms with Crippen LogP contribution in [0.15, 0.2) is 29.1 Å². The molecule has 2 aromatic rings. The number of aryl methyl sites for hydroxylation is 1. The van der Waals surface area contributed by atoms with E-state index in [1.807, 2.05) is 30.8 Å². The van der Waals surface area contributed by atoms with Crippen LogP contribution >= 0.6 is 11.3 Å². The van der Waals surface area contributed by atoms with Gasteiger partial charge in [0.25, 0.3) is 0 Å². The summed E-state index contributed by atoms with van der Waals surface area (Å²) in [4.78, 5) is 0. The van der Waals surface area contributed by atoms with E-state index in [1.54, 1.807) is 11.3 Å². The minimum atomic E-state index is 0.0545. The van der Waals surface area contributed by atoms with E-state index in [-0.39, 0.29) is 12.1 Å². The summed E-state index contributed by atoms with van der Waals surface area (Å²) in [6, 6.07) is 4.31. The average Bonchev–Trinajstić information content (AvgIpc) is 2.77. The van der Waals surface area contributed by atoms with Crippen molar-refractivity contribution in [2.75, 3.05) is 0 Å². The van der Waals surface area contributed by atoms with Crippen molar-refractivity contribution in [3.05, 3.63) is 40.3 Å². The van der Waals surface area contributed by atoms with Gasteiger partial charge in [0.05, 0.1) is 11.7 Å². The molecule has 4 heteroatoms. The molecular weight excluding hydrogens is 206 g/mol. The average molecular weight is 221 g/mol. The summed E-state index contributed by atoms with van der Waals surface area (Å²) in [7, 11) is 0. The number of nitrogens with two attached hydrogens (primary N) is 1. The molecular formula is C11H15N3S. The second kappa shape index (κ2) is 4.16. The Morgan fingerprint density at radius 1 is 1.47 bits per heavy atom. The van der Waals surface area contributed by atoms with E-state index in [0.717, 1.165) is 5.69 Å². The van der Waals surface area contributed by atoms with Gasteiger partial charge in [-0.1, -0.05) is 0 Å². The minimum absolute atomic E-state index is 0.0545. The lowest BCUT2D eigenvalue weighted by Gasteiger charge is -2.20. The predicted octanol–water partition coefficient (Wildman–Crippen LogP) is 2.19. The largest absolute Gasteiger partial charge is 0.326 e. The molecule has 0 spiro atoms. The van der Waals surface area contributed by atoms with Gasteiger partial charge >= 0.3 is 0 Å². The Bertz CT molecular complexity index is 417. The van der Waals surface area contributed by atoms with Crippen molar-refractivity contribution >= 4 is 11.3 Å². The number of nitrogens with zero attached hydrogens (tertiary/aromatic N) is 2. The molecule has 80 valence electrons. The van der Waals surface area contributed by atoms with Crippen LogP contribution in [-0.4, -0.2) is 15.8 Å². The number of hydrogen-bond acceptors (Lipinski definition) is 3. The van der Waals surface area contributed by atoms with E-state index in [2.05, 4.69) is 21.9 Å². The topological polar surface area (TPSA) is 43.8 Å². The van der Waals surface area contributed by atoms with Crippen LogP contribution in [0.5, 0.6) is 0 Å². The summed E-state index contributed by atoms with van der Waals surface area (Å²) in [5.74, 6) is 0.